The Morgan fingerprint density at radius 1 is 1.27 bits per heavy atom. The molecular formula is C17H20N2O3. The summed E-state index contributed by atoms with van der Waals surface area (Å²) in [7, 11) is 3.19. The third-order valence-electron chi connectivity index (χ3n) is 3.74. The summed E-state index contributed by atoms with van der Waals surface area (Å²) in [5.74, 6) is 1.40. The first-order valence-electron chi connectivity index (χ1n) is 7.22. The molecule has 0 fully saturated rings. The molecule has 0 aliphatic carbocycles. The lowest BCUT2D eigenvalue weighted by molar-refractivity contribution is -0.116. The number of carbonyl (C=O) groups is 1. The number of nitrogens with one attached hydrogen (secondary N) is 1. The van der Waals surface area contributed by atoms with Crippen LogP contribution < -0.4 is 14.8 Å². The van der Waals surface area contributed by atoms with Crippen molar-refractivity contribution in [3.05, 3.63) is 28.8 Å². The molecule has 0 aromatic heterocycles. The Labute approximate surface area is 130 Å². The predicted molar refractivity (Wildman–Crippen MR) is 83.7 cm³/mol. The van der Waals surface area contributed by atoms with Crippen LogP contribution in [0, 0.1) is 11.3 Å². The summed E-state index contributed by atoms with van der Waals surface area (Å²) in [6.45, 7) is 2.29. The molecule has 0 atom stereocenters. The molecule has 0 amide bonds. The van der Waals surface area contributed by atoms with Gasteiger partial charge >= 0.3 is 0 Å². The van der Waals surface area contributed by atoms with E-state index in [0.29, 0.717) is 29.9 Å². The molecule has 0 radical (unpaired) electrons. The van der Waals surface area contributed by atoms with Gasteiger partial charge in [0.05, 0.1) is 31.6 Å². The number of carbonyl (C=O) groups excluding carboxylic acids is 1. The van der Waals surface area contributed by atoms with Crippen LogP contribution in [0.5, 0.6) is 11.5 Å². The molecule has 1 N–H and O–H groups in total. The molecule has 0 unspecified atom stereocenters. The Morgan fingerprint density at radius 2 is 1.95 bits per heavy atom. The fourth-order valence-electron chi connectivity index (χ4n) is 2.59. The van der Waals surface area contributed by atoms with E-state index < -0.39 is 0 Å². The summed E-state index contributed by atoms with van der Waals surface area (Å²) in [5, 5.41) is 12.7. The summed E-state index contributed by atoms with van der Waals surface area (Å²) in [5.41, 5.74) is 3.46. The lowest BCUT2D eigenvalue weighted by atomic mass is 9.93. The second-order valence-electron chi connectivity index (χ2n) is 5.21. The van der Waals surface area contributed by atoms with Gasteiger partial charge in [-0.2, -0.15) is 5.26 Å². The van der Waals surface area contributed by atoms with Gasteiger partial charge in [-0.1, -0.05) is 0 Å². The topological polar surface area (TPSA) is 71.3 Å². The average Bonchev–Trinajstić information content (AvgIpc) is 2.53. The normalized spacial score (nSPS) is 15.2. The van der Waals surface area contributed by atoms with Crippen molar-refractivity contribution in [2.45, 2.75) is 26.2 Å². The van der Waals surface area contributed by atoms with E-state index in [1.54, 1.807) is 14.2 Å². The zero-order valence-corrected chi connectivity index (χ0v) is 13.2. The number of nitriles is 1. The highest BCUT2D eigenvalue weighted by molar-refractivity contribution is 5.79. The predicted octanol–water partition coefficient (Wildman–Crippen LogP) is 2.45. The van der Waals surface area contributed by atoms with Gasteiger partial charge in [0, 0.05) is 18.5 Å². The number of fused-ring (bicyclic) bond motifs is 1. The largest absolute Gasteiger partial charge is 0.493 e. The average molecular weight is 300 g/mol. The van der Waals surface area contributed by atoms with E-state index in [9.17, 15) is 10.1 Å². The minimum Gasteiger partial charge on any atom is -0.493 e. The molecule has 0 spiro atoms. The van der Waals surface area contributed by atoms with Gasteiger partial charge in [0.1, 0.15) is 5.78 Å². The molecule has 5 heteroatoms. The van der Waals surface area contributed by atoms with Gasteiger partial charge < -0.3 is 19.6 Å². The van der Waals surface area contributed by atoms with E-state index in [4.69, 9.17) is 9.47 Å². The minimum atomic E-state index is 0.0803. The molecule has 5 nitrogen and oxygen atoms in total. The highest BCUT2D eigenvalue weighted by Gasteiger charge is 2.21. The van der Waals surface area contributed by atoms with Crippen molar-refractivity contribution in [2.75, 3.05) is 20.8 Å². The number of hydrogen-bond donors (Lipinski definition) is 1. The maximum Gasteiger partial charge on any atom is 0.161 e. The number of ether oxygens (including phenoxy) is 2. The lowest BCUT2D eigenvalue weighted by Crippen LogP contribution is -2.24. The first-order valence-corrected chi connectivity index (χ1v) is 7.22. The minimum absolute atomic E-state index is 0.0803. The Kier molecular flexibility index (Phi) is 5.05. The van der Waals surface area contributed by atoms with Crippen LogP contribution in [0.3, 0.4) is 0 Å². The number of benzene rings is 1. The molecule has 22 heavy (non-hydrogen) atoms. The molecule has 1 aromatic carbocycles. The SMILES string of the molecule is COc1cc2c(cc1OC)C(=C(C#N)CCC(C)=O)NCC2. The molecule has 0 bridgehead atoms. The highest BCUT2D eigenvalue weighted by Crippen LogP contribution is 2.36. The van der Waals surface area contributed by atoms with Crippen molar-refractivity contribution in [1.82, 2.24) is 5.32 Å². The van der Waals surface area contributed by atoms with Gasteiger partial charge in [0.25, 0.3) is 0 Å². The van der Waals surface area contributed by atoms with Gasteiger partial charge in [0.2, 0.25) is 0 Å². The van der Waals surface area contributed by atoms with E-state index in [-0.39, 0.29) is 5.78 Å². The maximum absolute atomic E-state index is 11.2. The summed E-state index contributed by atoms with van der Waals surface area (Å²) in [6.07, 6.45) is 1.67. The molecule has 116 valence electrons. The zero-order chi connectivity index (χ0) is 16.1. The Morgan fingerprint density at radius 3 is 2.55 bits per heavy atom. The van der Waals surface area contributed by atoms with E-state index in [2.05, 4.69) is 11.4 Å². The molecule has 1 aliphatic heterocycles. The van der Waals surface area contributed by atoms with Crippen molar-refractivity contribution in [1.29, 1.82) is 5.26 Å². The number of hydrogen-bond acceptors (Lipinski definition) is 5. The molecule has 2 rings (SSSR count). The summed E-state index contributed by atoms with van der Waals surface area (Å²) in [4.78, 5) is 11.2. The van der Waals surface area contributed by atoms with Crippen LogP contribution in [0.4, 0.5) is 0 Å². The fourth-order valence-corrected chi connectivity index (χ4v) is 2.59. The van der Waals surface area contributed by atoms with Crippen LogP contribution in [0.15, 0.2) is 17.7 Å². The van der Waals surface area contributed by atoms with E-state index >= 15 is 0 Å². The van der Waals surface area contributed by atoms with E-state index in [0.717, 1.165) is 29.8 Å². The second kappa shape index (κ2) is 6.99. The molecule has 0 saturated heterocycles. The molecule has 1 aliphatic rings. The molecule has 1 heterocycles. The van der Waals surface area contributed by atoms with Crippen LogP contribution in [0.25, 0.3) is 5.70 Å². The van der Waals surface area contributed by atoms with Gasteiger partial charge in [-0.15, -0.1) is 0 Å². The van der Waals surface area contributed by atoms with E-state index in [1.807, 2.05) is 12.1 Å². The van der Waals surface area contributed by atoms with Crippen molar-refractivity contribution < 1.29 is 14.3 Å². The second-order valence-corrected chi connectivity index (χ2v) is 5.21. The van der Waals surface area contributed by atoms with Gasteiger partial charge in [0.15, 0.2) is 11.5 Å². The third-order valence-corrected chi connectivity index (χ3v) is 3.74. The van der Waals surface area contributed by atoms with Crippen LogP contribution in [0.2, 0.25) is 0 Å². The smallest absolute Gasteiger partial charge is 0.161 e. The molecule has 0 saturated carbocycles. The Hall–Kier alpha value is -2.48. The first-order chi connectivity index (χ1) is 10.6. The van der Waals surface area contributed by atoms with Crippen LogP contribution >= 0.6 is 0 Å². The van der Waals surface area contributed by atoms with Gasteiger partial charge in [-0.3, -0.25) is 0 Å². The number of Topliss-reactive ketones (excluding diaryl/α,β-unsaturated/α-hetero) is 1. The van der Waals surface area contributed by atoms with Crippen molar-refractivity contribution >= 4 is 11.5 Å². The van der Waals surface area contributed by atoms with Crippen LogP contribution in [-0.4, -0.2) is 26.5 Å². The lowest BCUT2D eigenvalue weighted by Gasteiger charge is -2.24. The maximum atomic E-state index is 11.2. The van der Waals surface area contributed by atoms with Gasteiger partial charge in [-0.05, 0) is 37.5 Å². The van der Waals surface area contributed by atoms with Crippen molar-refractivity contribution in [3.8, 4) is 17.6 Å². The Bertz CT molecular complexity index is 657. The number of methoxy groups -OCH3 is 2. The number of nitrogens with zero attached hydrogens (tertiary/aromatic N) is 1. The van der Waals surface area contributed by atoms with Crippen LogP contribution in [0.1, 0.15) is 30.9 Å². The fraction of sp³-hybridized carbons (Fsp3) is 0.412. The quantitative estimate of drug-likeness (QED) is 0.846. The standard InChI is InChI=1S/C17H20N2O3/c1-11(20)4-5-13(10-18)17-14-9-16(22-3)15(21-2)8-12(14)6-7-19-17/h8-9,19H,4-7H2,1-3H3. The molecular weight excluding hydrogens is 280 g/mol. The highest BCUT2D eigenvalue weighted by atomic mass is 16.5. The number of rotatable bonds is 5. The Balaban J connectivity index is 2.50. The van der Waals surface area contributed by atoms with Crippen molar-refractivity contribution in [2.24, 2.45) is 0 Å². The summed E-state index contributed by atoms with van der Waals surface area (Å²) in [6, 6.07) is 6.07. The van der Waals surface area contributed by atoms with Gasteiger partial charge in [-0.25, -0.2) is 0 Å². The zero-order valence-electron chi connectivity index (χ0n) is 13.2. The van der Waals surface area contributed by atoms with Crippen LogP contribution in [-0.2, 0) is 11.2 Å². The third kappa shape index (κ3) is 3.22. The number of allylic oxidation sites excluding steroid dienone is 1. The molecule has 1 aromatic rings. The van der Waals surface area contributed by atoms with E-state index in [1.165, 1.54) is 6.92 Å². The monoisotopic (exact) mass is 300 g/mol. The van der Waals surface area contributed by atoms with Crippen molar-refractivity contribution in [3.63, 3.8) is 0 Å². The number of ketones is 1. The summed E-state index contributed by atoms with van der Waals surface area (Å²) >= 11 is 0. The summed E-state index contributed by atoms with van der Waals surface area (Å²) < 4.78 is 10.7. The first kappa shape index (κ1) is 15.9.